The van der Waals surface area contributed by atoms with Crippen LogP contribution >= 0.6 is 0 Å². The fourth-order valence-corrected chi connectivity index (χ4v) is 6.64. The van der Waals surface area contributed by atoms with Crippen LogP contribution in [0.4, 0.5) is 23.0 Å². The lowest BCUT2D eigenvalue weighted by atomic mass is 9.94. The molecule has 4 aromatic heterocycles. The first-order valence-corrected chi connectivity index (χ1v) is 18.0. The van der Waals surface area contributed by atoms with E-state index < -0.39 is 24.0 Å². The van der Waals surface area contributed by atoms with Crippen molar-refractivity contribution in [1.82, 2.24) is 30.6 Å². The Hall–Kier alpha value is -5.98. The monoisotopic (exact) mass is 726 g/mol. The molecule has 0 saturated heterocycles. The molecule has 0 aliphatic heterocycles. The Balaban J connectivity index is 1.22. The lowest BCUT2D eigenvalue weighted by molar-refractivity contribution is -0.141. The number of hydrogen-bond acceptors (Lipinski definition) is 10. The zero-order valence-electron chi connectivity index (χ0n) is 31.3. The molecule has 2 atom stereocenters. The molecule has 12 heteroatoms. The number of nitrogens with one attached hydrogen (secondary N) is 4. The highest BCUT2D eigenvalue weighted by Crippen LogP contribution is 2.36. The number of carboxylic acids is 2. The summed E-state index contributed by atoms with van der Waals surface area (Å²) in [5.74, 6) is -0.591. The van der Waals surface area contributed by atoms with Gasteiger partial charge < -0.3 is 31.5 Å². The van der Waals surface area contributed by atoms with E-state index in [-0.39, 0.29) is 11.8 Å². The summed E-state index contributed by atoms with van der Waals surface area (Å²) in [6.07, 6.45) is 7.00. The van der Waals surface area contributed by atoms with Crippen LogP contribution in [0.1, 0.15) is 49.9 Å². The number of nitrogens with zero attached hydrogens (tertiary/aromatic N) is 4. The second kappa shape index (κ2) is 16.4. The number of hydrogen-bond donors (Lipinski definition) is 6. The molecular weight excluding hydrogens is 681 g/mol. The van der Waals surface area contributed by atoms with Gasteiger partial charge in [0, 0.05) is 60.0 Å². The topological polar surface area (TPSA) is 174 Å². The van der Waals surface area contributed by atoms with Crippen LogP contribution in [-0.4, -0.2) is 54.2 Å². The van der Waals surface area contributed by atoms with Crippen molar-refractivity contribution in [2.75, 3.05) is 10.6 Å². The van der Waals surface area contributed by atoms with E-state index in [0.717, 1.165) is 55.5 Å². The van der Waals surface area contributed by atoms with Gasteiger partial charge in [-0.25, -0.2) is 9.97 Å². The van der Waals surface area contributed by atoms with Crippen LogP contribution in [-0.2, 0) is 22.7 Å². The standard InChI is InChI=1S/C42H46N8O4/c1-23(2)35(41(51)52)45-19-27-17-29-13-15-43-39(37(29)47-21-27)49-33-11-7-9-31(25(33)5)32-10-8-12-34(26(32)6)50-40-38-30(14-16-44-40)18-28(22-48-38)20-46-36(24(3)4)42(53)54/h7-18,21-24,35-36,45-46H,19-20H2,1-6H3,(H,43,49)(H,44,50)(H,51,52)(H,53,54). The van der Waals surface area contributed by atoms with Crippen molar-refractivity contribution >= 4 is 56.8 Å². The molecule has 2 aromatic carbocycles. The number of pyridine rings is 4. The number of anilines is 4. The molecule has 12 nitrogen and oxygen atoms in total. The van der Waals surface area contributed by atoms with E-state index >= 15 is 0 Å². The summed E-state index contributed by atoms with van der Waals surface area (Å²) in [4.78, 5) is 42.0. The van der Waals surface area contributed by atoms with Crippen LogP contribution in [0.5, 0.6) is 0 Å². The van der Waals surface area contributed by atoms with E-state index in [0.29, 0.717) is 35.8 Å². The molecular formula is C42H46N8O4. The Morgan fingerprint density at radius 1 is 0.611 bits per heavy atom. The van der Waals surface area contributed by atoms with Gasteiger partial charge in [0.25, 0.3) is 0 Å². The summed E-state index contributed by atoms with van der Waals surface area (Å²) in [5, 5.41) is 34.2. The molecule has 0 aliphatic carbocycles. The molecule has 0 amide bonds. The first-order chi connectivity index (χ1) is 25.9. The molecule has 0 spiro atoms. The lowest BCUT2D eigenvalue weighted by Crippen LogP contribution is -2.40. The van der Waals surface area contributed by atoms with Crippen LogP contribution < -0.4 is 21.3 Å². The molecule has 2 unspecified atom stereocenters. The summed E-state index contributed by atoms with van der Waals surface area (Å²) in [5.41, 5.74) is 9.19. The molecule has 0 fully saturated rings. The zero-order chi connectivity index (χ0) is 38.5. The predicted octanol–water partition coefficient (Wildman–Crippen LogP) is 7.74. The van der Waals surface area contributed by atoms with Crippen LogP contribution in [0.15, 0.2) is 85.5 Å². The predicted molar refractivity (Wildman–Crippen MR) is 213 cm³/mol. The number of aromatic nitrogens is 4. The van der Waals surface area contributed by atoms with Gasteiger partial charge in [0.15, 0.2) is 11.6 Å². The highest BCUT2D eigenvalue weighted by Gasteiger charge is 2.22. The van der Waals surface area contributed by atoms with E-state index in [1.807, 2.05) is 76.2 Å². The largest absolute Gasteiger partial charge is 0.480 e. The zero-order valence-corrected chi connectivity index (χ0v) is 31.3. The average molecular weight is 727 g/mol. The van der Waals surface area contributed by atoms with Crippen LogP contribution in [0.25, 0.3) is 32.9 Å². The van der Waals surface area contributed by atoms with Gasteiger partial charge in [-0.3, -0.25) is 19.6 Å². The molecule has 6 aromatic rings. The summed E-state index contributed by atoms with van der Waals surface area (Å²) in [6.45, 7) is 12.5. The molecule has 4 heterocycles. The highest BCUT2D eigenvalue weighted by molar-refractivity contribution is 5.93. The number of carbonyl (C=O) groups is 2. The molecule has 0 saturated carbocycles. The van der Waals surface area contributed by atoms with Gasteiger partial charge in [0.1, 0.15) is 23.1 Å². The molecule has 0 radical (unpaired) electrons. The number of benzene rings is 2. The van der Waals surface area contributed by atoms with Gasteiger partial charge >= 0.3 is 11.9 Å². The first-order valence-electron chi connectivity index (χ1n) is 18.0. The van der Waals surface area contributed by atoms with Gasteiger partial charge in [-0.1, -0.05) is 52.0 Å². The minimum atomic E-state index is -0.871. The minimum Gasteiger partial charge on any atom is -0.480 e. The maximum atomic E-state index is 11.6. The fourth-order valence-electron chi connectivity index (χ4n) is 6.64. The quantitative estimate of drug-likeness (QED) is 0.0608. The third-order valence-electron chi connectivity index (χ3n) is 9.69. The Morgan fingerprint density at radius 3 is 1.39 bits per heavy atom. The Bertz CT molecular complexity index is 2160. The second-order valence-electron chi connectivity index (χ2n) is 14.2. The van der Waals surface area contributed by atoms with Crippen LogP contribution in [0.3, 0.4) is 0 Å². The van der Waals surface area contributed by atoms with Crippen molar-refractivity contribution in [3.05, 3.63) is 108 Å². The maximum absolute atomic E-state index is 11.6. The van der Waals surface area contributed by atoms with Crippen molar-refractivity contribution < 1.29 is 19.8 Å². The molecule has 0 bridgehead atoms. The molecule has 278 valence electrons. The van der Waals surface area contributed by atoms with Crippen molar-refractivity contribution in [3.8, 4) is 11.1 Å². The molecule has 54 heavy (non-hydrogen) atoms. The summed E-state index contributed by atoms with van der Waals surface area (Å²) < 4.78 is 0. The van der Waals surface area contributed by atoms with E-state index in [1.54, 1.807) is 24.8 Å². The molecule has 0 aliphatic rings. The van der Waals surface area contributed by atoms with Gasteiger partial charge in [0.2, 0.25) is 0 Å². The number of carboxylic acid groups (broad SMARTS) is 2. The Morgan fingerprint density at radius 2 is 1.02 bits per heavy atom. The van der Waals surface area contributed by atoms with E-state index in [4.69, 9.17) is 9.97 Å². The highest BCUT2D eigenvalue weighted by atomic mass is 16.4. The van der Waals surface area contributed by atoms with Gasteiger partial charge in [-0.15, -0.1) is 0 Å². The Labute approximate surface area is 314 Å². The first kappa shape index (κ1) is 37.8. The smallest absolute Gasteiger partial charge is 0.320 e. The number of rotatable bonds is 15. The van der Waals surface area contributed by atoms with Gasteiger partial charge in [-0.2, -0.15) is 0 Å². The second-order valence-corrected chi connectivity index (χ2v) is 14.2. The third kappa shape index (κ3) is 8.30. The van der Waals surface area contributed by atoms with E-state index in [1.165, 1.54) is 0 Å². The number of fused-ring (bicyclic) bond motifs is 2. The van der Waals surface area contributed by atoms with Crippen molar-refractivity contribution in [2.45, 2.75) is 66.7 Å². The summed E-state index contributed by atoms with van der Waals surface area (Å²) in [7, 11) is 0. The molecule has 6 N–H and O–H groups in total. The minimum absolute atomic E-state index is 0.0497. The van der Waals surface area contributed by atoms with Crippen molar-refractivity contribution in [1.29, 1.82) is 0 Å². The summed E-state index contributed by atoms with van der Waals surface area (Å²) >= 11 is 0. The SMILES string of the molecule is Cc1c(Nc2nccc3cc(CNC(C(=O)O)C(C)C)cnc23)cccc1-c1cccc(Nc2nccc3cc(CNC(C(=O)O)C(C)C)cnc23)c1C. The fraction of sp³-hybridized carbons (Fsp3) is 0.286. The van der Waals surface area contributed by atoms with E-state index in [9.17, 15) is 19.8 Å². The van der Waals surface area contributed by atoms with E-state index in [2.05, 4.69) is 57.2 Å². The van der Waals surface area contributed by atoms with Gasteiger partial charge in [0.05, 0.1) is 0 Å². The normalized spacial score (nSPS) is 12.7. The van der Waals surface area contributed by atoms with Gasteiger partial charge in [-0.05, 0) is 95.5 Å². The third-order valence-corrected chi connectivity index (χ3v) is 9.69. The molecule has 6 rings (SSSR count). The number of aliphatic carboxylic acids is 2. The maximum Gasteiger partial charge on any atom is 0.320 e. The van der Waals surface area contributed by atoms with Crippen molar-refractivity contribution in [3.63, 3.8) is 0 Å². The lowest BCUT2D eigenvalue weighted by Gasteiger charge is -2.19. The Kier molecular flexibility index (Phi) is 11.4. The summed E-state index contributed by atoms with van der Waals surface area (Å²) in [6, 6.07) is 18.8. The van der Waals surface area contributed by atoms with Crippen LogP contribution in [0, 0.1) is 25.7 Å². The van der Waals surface area contributed by atoms with Crippen molar-refractivity contribution in [2.24, 2.45) is 11.8 Å². The van der Waals surface area contributed by atoms with Crippen LogP contribution in [0.2, 0.25) is 0 Å². The average Bonchev–Trinajstić information content (AvgIpc) is 3.13.